The first-order chi connectivity index (χ1) is 9.28. The number of aromatic amines is 1. The Kier molecular flexibility index (Phi) is 3.27. The average Bonchev–Trinajstić information content (AvgIpc) is 2.87. The van der Waals surface area contributed by atoms with Crippen molar-refractivity contribution in [2.75, 3.05) is 11.6 Å². The number of aromatic nitrogens is 4. The highest BCUT2D eigenvalue weighted by Gasteiger charge is 2.10. The van der Waals surface area contributed by atoms with Crippen molar-refractivity contribution in [1.82, 2.24) is 20.2 Å². The minimum Gasteiger partial charge on any atom is -0.339 e. The van der Waals surface area contributed by atoms with Gasteiger partial charge in [0.05, 0.1) is 17.3 Å². The van der Waals surface area contributed by atoms with Gasteiger partial charge < -0.3 is 5.32 Å². The molecule has 0 spiro atoms. The lowest BCUT2D eigenvalue weighted by molar-refractivity contribution is 1.09. The molecule has 0 amide bonds. The molecule has 3 rings (SSSR count). The number of H-pyrrole nitrogens is 1. The van der Waals surface area contributed by atoms with Gasteiger partial charge in [-0.05, 0) is 30.0 Å². The summed E-state index contributed by atoms with van der Waals surface area (Å²) >= 11 is 7.57. The van der Waals surface area contributed by atoms with Gasteiger partial charge in [0.15, 0.2) is 5.65 Å². The Labute approximate surface area is 118 Å². The van der Waals surface area contributed by atoms with Crippen LogP contribution in [0.1, 0.15) is 0 Å². The zero-order valence-electron chi connectivity index (χ0n) is 10.0. The van der Waals surface area contributed by atoms with Crippen molar-refractivity contribution >= 4 is 45.9 Å². The number of nitrogens with one attached hydrogen (secondary N) is 2. The molecular weight excluding hydrogens is 282 g/mol. The van der Waals surface area contributed by atoms with E-state index in [-0.39, 0.29) is 5.28 Å². The Morgan fingerprint density at radius 2 is 2.11 bits per heavy atom. The van der Waals surface area contributed by atoms with Gasteiger partial charge in [-0.2, -0.15) is 15.1 Å². The summed E-state index contributed by atoms with van der Waals surface area (Å²) < 4.78 is 0. The van der Waals surface area contributed by atoms with E-state index in [1.54, 1.807) is 18.0 Å². The number of anilines is 2. The van der Waals surface area contributed by atoms with E-state index in [0.717, 1.165) is 16.0 Å². The minimum atomic E-state index is 0.181. The number of rotatable bonds is 3. The number of hydrogen-bond acceptors (Lipinski definition) is 5. The normalized spacial score (nSPS) is 10.8. The first-order valence-corrected chi connectivity index (χ1v) is 7.15. The topological polar surface area (TPSA) is 66.5 Å². The zero-order chi connectivity index (χ0) is 13.2. The molecule has 5 nitrogen and oxygen atoms in total. The Bertz CT molecular complexity index is 727. The molecule has 2 N–H and O–H groups in total. The Morgan fingerprint density at radius 3 is 2.95 bits per heavy atom. The summed E-state index contributed by atoms with van der Waals surface area (Å²) in [5.74, 6) is 0.644. The van der Waals surface area contributed by atoms with Crippen molar-refractivity contribution in [2.24, 2.45) is 0 Å². The molecule has 2 aromatic heterocycles. The molecule has 3 aromatic rings. The van der Waals surface area contributed by atoms with Crippen LogP contribution in [0.2, 0.25) is 5.28 Å². The van der Waals surface area contributed by atoms with Gasteiger partial charge in [0.1, 0.15) is 5.82 Å². The maximum Gasteiger partial charge on any atom is 0.226 e. The van der Waals surface area contributed by atoms with Crippen LogP contribution in [-0.4, -0.2) is 26.4 Å². The van der Waals surface area contributed by atoms with E-state index in [9.17, 15) is 0 Å². The standard InChI is InChI=1S/C12H10ClN5S/c1-19-9-5-3-2-4-8(9)15-10-7-6-14-18-11(7)17-12(13)16-10/h2-6H,1H3,(H2,14,15,16,17,18). The molecule has 0 aliphatic heterocycles. The predicted octanol–water partition coefficient (Wildman–Crippen LogP) is 3.47. The van der Waals surface area contributed by atoms with Gasteiger partial charge in [0.25, 0.3) is 0 Å². The molecular formula is C12H10ClN5S. The minimum absolute atomic E-state index is 0.181. The second-order valence-corrected chi connectivity index (χ2v) is 4.98. The molecule has 7 heteroatoms. The van der Waals surface area contributed by atoms with Crippen LogP contribution >= 0.6 is 23.4 Å². The van der Waals surface area contributed by atoms with Gasteiger partial charge in [0, 0.05) is 4.90 Å². The summed E-state index contributed by atoms with van der Waals surface area (Å²) in [7, 11) is 0. The van der Waals surface area contributed by atoms with Crippen LogP contribution in [0.5, 0.6) is 0 Å². The number of nitrogens with zero attached hydrogens (tertiary/aromatic N) is 3. The molecule has 0 fully saturated rings. The van der Waals surface area contributed by atoms with Crippen molar-refractivity contribution < 1.29 is 0 Å². The van der Waals surface area contributed by atoms with Crippen LogP contribution < -0.4 is 5.32 Å². The van der Waals surface area contributed by atoms with E-state index in [4.69, 9.17) is 11.6 Å². The Balaban J connectivity index is 2.07. The lowest BCUT2D eigenvalue weighted by atomic mass is 10.3. The highest BCUT2D eigenvalue weighted by molar-refractivity contribution is 7.98. The van der Waals surface area contributed by atoms with Crippen LogP contribution in [-0.2, 0) is 0 Å². The summed E-state index contributed by atoms with van der Waals surface area (Å²) in [6, 6.07) is 8.00. The Hall–Kier alpha value is -1.79. The van der Waals surface area contributed by atoms with Crippen molar-refractivity contribution in [3.63, 3.8) is 0 Å². The number of benzene rings is 1. The SMILES string of the molecule is CSc1ccccc1Nc1nc(Cl)nc2[nH]ncc12. The summed E-state index contributed by atoms with van der Waals surface area (Å²) in [6.07, 6.45) is 3.70. The molecule has 2 heterocycles. The van der Waals surface area contributed by atoms with Gasteiger partial charge >= 0.3 is 0 Å². The molecule has 19 heavy (non-hydrogen) atoms. The third kappa shape index (κ3) is 2.36. The van der Waals surface area contributed by atoms with E-state index < -0.39 is 0 Å². The monoisotopic (exact) mass is 291 g/mol. The number of para-hydroxylation sites is 1. The van der Waals surface area contributed by atoms with Crippen molar-refractivity contribution in [2.45, 2.75) is 4.90 Å². The van der Waals surface area contributed by atoms with E-state index in [1.807, 2.05) is 30.5 Å². The summed E-state index contributed by atoms with van der Waals surface area (Å²) in [6.45, 7) is 0. The average molecular weight is 292 g/mol. The molecule has 0 aliphatic rings. The maximum atomic E-state index is 5.91. The smallest absolute Gasteiger partial charge is 0.226 e. The van der Waals surface area contributed by atoms with Crippen LogP contribution in [0.25, 0.3) is 11.0 Å². The fourth-order valence-corrected chi connectivity index (χ4v) is 2.50. The quantitative estimate of drug-likeness (QED) is 0.571. The van der Waals surface area contributed by atoms with Crippen molar-refractivity contribution in [3.8, 4) is 0 Å². The van der Waals surface area contributed by atoms with Gasteiger partial charge in [0.2, 0.25) is 5.28 Å². The number of halogens is 1. The molecule has 0 radical (unpaired) electrons. The number of fused-ring (bicyclic) bond motifs is 1. The molecule has 0 saturated heterocycles. The van der Waals surface area contributed by atoms with Gasteiger partial charge in [-0.25, -0.2) is 0 Å². The van der Waals surface area contributed by atoms with E-state index in [0.29, 0.717) is 11.5 Å². The fourth-order valence-electron chi connectivity index (χ4n) is 1.78. The van der Waals surface area contributed by atoms with Gasteiger partial charge in [-0.3, -0.25) is 5.10 Å². The summed E-state index contributed by atoms with van der Waals surface area (Å²) in [5.41, 5.74) is 1.59. The molecule has 0 aliphatic carbocycles. The van der Waals surface area contributed by atoms with Crippen LogP contribution in [0.3, 0.4) is 0 Å². The first-order valence-electron chi connectivity index (χ1n) is 5.54. The maximum absolute atomic E-state index is 5.91. The highest BCUT2D eigenvalue weighted by atomic mass is 35.5. The van der Waals surface area contributed by atoms with E-state index in [2.05, 4.69) is 25.5 Å². The molecule has 0 saturated carbocycles. The second kappa shape index (κ2) is 5.07. The predicted molar refractivity (Wildman–Crippen MR) is 78.2 cm³/mol. The molecule has 0 atom stereocenters. The lowest BCUT2D eigenvalue weighted by Crippen LogP contribution is -1.97. The number of hydrogen-bond donors (Lipinski definition) is 2. The molecule has 96 valence electrons. The molecule has 0 unspecified atom stereocenters. The first kappa shape index (κ1) is 12.3. The third-order valence-electron chi connectivity index (χ3n) is 2.64. The third-order valence-corrected chi connectivity index (χ3v) is 3.61. The van der Waals surface area contributed by atoms with Crippen LogP contribution in [0, 0.1) is 0 Å². The van der Waals surface area contributed by atoms with Crippen molar-refractivity contribution in [1.29, 1.82) is 0 Å². The van der Waals surface area contributed by atoms with Gasteiger partial charge in [-0.1, -0.05) is 12.1 Å². The number of thioether (sulfide) groups is 1. The Morgan fingerprint density at radius 1 is 1.26 bits per heavy atom. The van der Waals surface area contributed by atoms with E-state index in [1.165, 1.54) is 0 Å². The fraction of sp³-hybridized carbons (Fsp3) is 0.0833. The van der Waals surface area contributed by atoms with Crippen molar-refractivity contribution in [3.05, 3.63) is 35.7 Å². The van der Waals surface area contributed by atoms with E-state index >= 15 is 0 Å². The highest BCUT2D eigenvalue weighted by Crippen LogP contribution is 2.29. The lowest BCUT2D eigenvalue weighted by Gasteiger charge is -2.10. The van der Waals surface area contributed by atoms with Crippen LogP contribution in [0.4, 0.5) is 11.5 Å². The second-order valence-electron chi connectivity index (χ2n) is 3.80. The van der Waals surface area contributed by atoms with Gasteiger partial charge in [-0.15, -0.1) is 11.8 Å². The zero-order valence-corrected chi connectivity index (χ0v) is 11.6. The largest absolute Gasteiger partial charge is 0.339 e. The summed E-state index contributed by atoms with van der Waals surface area (Å²) in [4.78, 5) is 9.42. The molecule has 1 aromatic carbocycles. The summed E-state index contributed by atoms with van der Waals surface area (Å²) in [5, 5.41) is 11.0. The molecule has 0 bridgehead atoms. The van der Waals surface area contributed by atoms with Crippen LogP contribution in [0.15, 0.2) is 35.4 Å².